The topological polar surface area (TPSA) is 65.5 Å². The number of hydrogen-bond acceptors (Lipinski definition) is 7. The Morgan fingerprint density at radius 3 is 2.25 bits per heavy atom. The number of fused-ring (bicyclic) bond motifs is 1. The molecule has 0 radical (unpaired) electrons. The molecule has 2 amide bonds. The van der Waals surface area contributed by atoms with Gasteiger partial charge >= 0.3 is 6.18 Å². The summed E-state index contributed by atoms with van der Waals surface area (Å²) in [5.41, 5.74) is -0.947. The van der Waals surface area contributed by atoms with Gasteiger partial charge in [-0.25, -0.2) is 0 Å². The first-order valence-corrected chi connectivity index (χ1v) is 15.4. The second-order valence-corrected chi connectivity index (χ2v) is 13.6. The van der Waals surface area contributed by atoms with Crippen LogP contribution in [0.2, 0.25) is 14.4 Å². The molecular formula is C25H26Cl3F3N4O3S2. The zero-order chi connectivity index (χ0) is 29.0. The Labute approximate surface area is 252 Å². The Morgan fingerprint density at radius 1 is 1.02 bits per heavy atom. The Kier molecular flexibility index (Phi) is 8.42. The van der Waals surface area contributed by atoms with Crippen LogP contribution in [0, 0.1) is 0 Å². The van der Waals surface area contributed by atoms with Crippen LogP contribution in [0.4, 0.5) is 13.2 Å². The molecule has 15 heteroatoms. The summed E-state index contributed by atoms with van der Waals surface area (Å²) < 4.78 is 43.6. The minimum atomic E-state index is -4.86. The second kappa shape index (κ2) is 11.3. The predicted octanol–water partition coefficient (Wildman–Crippen LogP) is 6.08. The fourth-order valence-electron chi connectivity index (χ4n) is 5.21. The Morgan fingerprint density at radius 2 is 1.68 bits per heavy atom. The zero-order valence-electron chi connectivity index (χ0n) is 21.7. The molecule has 2 aliphatic heterocycles. The van der Waals surface area contributed by atoms with Crippen LogP contribution in [0.1, 0.15) is 49.8 Å². The summed E-state index contributed by atoms with van der Waals surface area (Å²) >= 11 is 20.0. The molecule has 0 saturated carbocycles. The van der Waals surface area contributed by atoms with Crippen LogP contribution in [0.15, 0.2) is 5.16 Å². The average Bonchev–Trinajstić information content (AvgIpc) is 3.60. The third-order valence-corrected chi connectivity index (χ3v) is 11.5. The Balaban J connectivity index is 1.41. The van der Waals surface area contributed by atoms with Crippen molar-refractivity contribution in [2.45, 2.75) is 43.9 Å². The van der Waals surface area contributed by atoms with Gasteiger partial charge in [-0.15, -0.1) is 22.7 Å². The lowest BCUT2D eigenvalue weighted by molar-refractivity contribution is -0.274. The molecule has 4 heterocycles. The molecule has 0 spiro atoms. The smallest absolute Gasteiger partial charge is 0.373 e. The molecule has 1 saturated heterocycles. The number of thiophene rings is 2. The van der Waals surface area contributed by atoms with E-state index in [4.69, 9.17) is 39.6 Å². The summed E-state index contributed by atoms with van der Waals surface area (Å²) in [5.74, 6) is -0.144. The number of hydrogen-bond donors (Lipinski definition) is 0. The molecule has 1 aliphatic carbocycles. The lowest BCUT2D eigenvalue weighted by Gasteiger charge is -2.34. The monoisotopic (exact) mass is 656 g/mol. The quantitative estimate of drug-likeness (QED) is 0.391. The third-order valence-electron chi connectivity index (χ3n) is 7.50. The molecule has 5 rings (SSSR count). The summed E-state index contributed by atoms with van der Waals surface area (Å²) in [6.45, 7) is 2.33. The molecule has 2 aromatic heterocycles. The van der Waals surface area contributed by atoms with Gasteiger partial charge in [0.25, 0.3) is 11.5 Å². The van der Waals surface area contributed by atoms with Crippen LogP contribution in [-0.4, -0.2) is 85.2 Å². The normalized spacial score (nSPS) is 21.7. The van der Waals surface area contributed by atoms with E-state index in [1.54, 1.807) is 19.0 Å². The number of rotatable bonds is 5. The first-order chi connectivity index (χ1) is 18.8. The van der Waals surface area contributed by atoms with Crippen molar-refractivity contribution in [1.82, 2.24) is 14.7 Å². The fourth-order valence-corrected chi connectivity index (χ4v) is 8.56. The zero-order valence-corrected chi connectivity index (χ0v) is 25.6. The van der Waals surface area contributed by atoms with Gasteiger partial charge in [0.15, 0.2) is 0 Å². The van der Waals surface area contributed by atoms with E-state index >= 15 is 0 Å². The lowest BCUT2D eigenvalue weighted by Crippen LogP contribution is -2.51. The molecule has 1 fully saturated rings. The molecule has 0 bridgehead atoms. The second-order valence-electron chi connectivity index (χ2n) is 10.2. The summed E-state index contributed by atoms with van der Waals surface area (Å²) in [7, 11) is 3.41. The van der Waals surface area contributed by atoms with E-state index in [0.29, 0.717) is 66.7 Å². The van der Waals surface area contributed by atoms with Crippen LogP contribution in [0.25, 0.3) is 0 Å². The third kappa shape index (κ3) is 5.24. The molecule has 1 unspecified atom stereocenters. The van der Waals surface area contributed by atoms with Gasteiger partial charge in [0.1, 0.15) is 10.0 Å². The molecule has 1 atom stereocenters. The Hall–Kier alpha value is -1.57. The lowest BCUT2D eigenvalue weighted by atomic mass is 9.88. The van der Waals surface area contributed by atoms with Crippen molar-refractivity contribution in [2.24, 2.45) is 5.16 Å². The number of nitrogens with zero attached hydrogens (tertiary/aromatic N) is 4. The van der Waals surface area contributed by atoms with Gasteiger partial charge in [0.2, 0.25) is 5.91 Å². The van der Waals surface area contributed by atoms with Crippen molar-refractivity contribution in [1.29, 1.82) is 0 Å². The van der Waals surface area contributed by atoms with E-state index in [-0.39, 0.29) is 36.8 Å². The fraction of sp³-hybridized carbons (Fsp3) is 0.560. The maximum absolute atomic E-state index is 14.6. The number of oxime groups is 1. The number of piperazine rings is 1. The first kappa shape index (κ1) is 29.9. The van der Waals surface area contributed by atoms with Gasteiger partial charge in [-0.3, -0.25) is 14.5 Å². The van der Waals surface area contributed by atoms with Crippen molar-refractivity contribution in [2.75, 3.05) is 46.8 Å². The maximum atomic E-state index is 14.6. The van der Waals surface area contributed by atoms with E-state index in [1.807, 2.05) is 4.90 Å². The van der Waals surface area contributed by atoms with Crippen molar-refractivity contribution in [3.63, 3.8) is 0 Å². The molecular weight excluding hydrogens is 632 g/mol. The van der Waals surface area contributed by atoms with Crippen LogP contribution in [-0.2, 0) is 28.1 Å². The highest BCUT2D eigenvalue weighted by atomic mass is 35.5. The largest absolute Gasteiger partial charge is 0.436 e. The van der Waals surface area contributed by atoms with E-state index in [0.717, 1.165) is 24.0 Å². The molecule has 218 valence electrons. The number of amides is 2. The molecule has 40 heavy (non-hydrogen) atoms. The van der Waals surface area contributed by atoms with Crippen molar-refractivity contribution < 1.29 is 27.6 Å². The van der Waals surface area contributed by atoms with Crippen molar-refractivity contribution in [3.05, 3.63) is 40.1 Å². The minimum Gasteiger partial charge on any atom is -0.373 e. The van der Waals surface area contributed by atoms with E-state index in [9.17, 15) is 22.8 Å². The van der Waals surface area contributed by atoms with Crippen LogP contribution in [0.3, 0.4) is 0 Å². The highest BCUT2D eigenvalue weighted by molar-refractivity contribution is 7.18. The molecule has 0 aromatic carbocycles. The molecule has 3 aliphatic rings. The Bertz CT molecular complexity index is 1370. The number of halogens is 6. The minimum absolute atomic E-state index is 0.000358. The van der Waals surface area contributed by atoms with Crippen LogP contribution >= 0.6 is 57.5 Å². The number of carbonyl (C=O) groups is 2. The van der Waals surface area contributed by atoms with Crippen LogP contribution in [0.5, 0.6) is 0 Å². The molecule has 2 aromatic rings. The van der Waals surface area contributed by atoms with Gasteiger partial charge in [0.05, 0.1) is 37.6 Å². The molecule has 7 nitrogen and oxygen atoms in total. The summed E-state index contributed by atoms with van der Waals surface area (Å²) in [5, 5.41) is 3.47. The first-order valence-electron chi connectivity index (χ1n) is 12.7. The number of carbonyl (C=O) groups excluding carboxylic acids is 2. The van der Waals surface area contributed by atoms with E-state index in [2.05, 4.69) is 5.16 Å². The van der Waals surface area contributed by atoms with Crippen molar-refractivity contribution in [3.8, 4) is 0 Å². The standard InChI is InChI=1S/C25H26Cl3F3N4O3S2/c1-33(2)16(36)12-34-7-9-35(10-8-34)23(37)20-14-6-4-3-5-13(14)19(39-20)15-11-24(38-32-15,25(29,30)31)21-17(26)18(27)22(28)40-21/h3-12H2,1-2H3. The maximum Gasteiger partial charge on any atom is 0.436 e. The van der Waals surface area contributed by atoms with Gasteiger partial charge in [-0.2, -0.15) is 13.2 Å². The van der Waals surface area contributed by atoms with E-state index in [1.165, 1.54) is 16.2 Å². The number of alkyl halides is 3. The van der Waals surface area contributed by atoms with Gasteiger partial charge in [-0.1, -0.05) is 40.0 Å². The highest BCUT2D eigenvalue weighted by Crippen LogP contribution is 2.56. The highest BCUT2D eigenvalue weighted by Gasteiger charge is 2.64. The van der Waals surface area contributed by atoms with E-state index < -0.39 is 18.2 Å². The summed E-state index contributed by atoms with van der Waals surface area (Å²) in [6.07, 6.45) is -2.40. The van der Waals surface area contributed by atoms with Crippen LogP contribution < -0.4 is 0 Å². The van der Waals surface area contributed by atoms with Gasteiger partial charge in [-0.05, 0) is 36.8 Å². The molecule has 0 N–H and O–H groups in total. The van der Waals surface area contributed by atoms with Gasteiger partial charge < -0.3 is 14.6 Å². The number of likely N-dealkylation sites (N-methyl/N-ethyl adjacent to an activating group) is 1. The predicted molar refractivity (Wildman–Crippen MR) is 151 cm³/mol. The average molecular weight is 658 g/mol. The summed E-state index contributed by atoms with van der Waals surface area (Å²) in [6, 6.07) is 0. The summed E-state index contributed by atoms with van der Waals surface area (Å²) in [4.78, 5) is 37.0. The SMILES string of the molecule is CN(C)C(=O)CN1CCN(C(=O)c2sc(C3=NOC(c4sc(Cl)c(Cl)c4Cl)(C(F)(F)F)C3)c3c2CCCC3)CC1. The van der Waals surface area contributed by atoms with Crippen molar-refractivity contribution >= 4 is 75.0 Å². The van der Waals surface area contributed by atoms with Gasteiger partial charge in [0, 0.05) is 40.3 Å².